The summed E-state index contributed by atoms with van der Waals surface area (Å²) in [5.74, 6) is 0.182. The highest BCUT2D eigenvalue weighted by atomic mass is 16.5. The van der Waals surface area contributed by atoms with Gasteiger partial charge in [0.1, 0.15) is 5.54 Å². The van der Waals surface area contributed by atoms with Crippen molar-refractivity contribution in [3.8, 4) is 0 Å². The topological polar surface area (TPSA) is 47.6 Å². The van der Waals surface area contributed by atoms with Crippen LogP contribution in [0, 0.1) is 11.3 Å². The molecule has 1 atom stereocenters. The monoisotopic (exact) mass is 271 g/mol. The quantitative estimate of drug-likeness (QED) is 0.544. The molecule has 1 unspecified atom stereocenters. The van der Waals surface area contributed by atoms with Crippen LogP contribution in [0.3, 0.4) is 0 Å². The van der Waals surface area contributed by atoms with Gasteiger partial charge in [0.15, 0.2) is 0 Å². The SMILES string of the molecule is CCOC(=O)C(COCCC(C)(C)C)(NC)C1CC1. The van der Waals surface area contributed by atoms with Crippen molar-refractivity contribution < 1.29 is 14.3 Å². The molecule has 0 aliphatic heterocycles. The van der Waals surface area contributed by atoms with E-state index in [9.17, 15) is 4.79 Å². The molecule has 0 aromatic rings. The van der Waals surface area contributed by atoms with Crippen LogP contribution in [0.2, 0.25) is 0 Å². The molecule has 1 N–H and O–H groups in total. The Labute approximate surface area is 117 Å². The van der Waals surface area contributed by atoms with Crippen LogP contribution in [0.4, 0.5) is 0 Å². The van der Waals surface area contributed by atoms with Gasteiger partial charge < -0.3 is 14.8 Å². The van der Waals surface area contributed by atoms with Gasteiger partial charge in [-0.2, -0.15) is 0 Å². The molecule has 0 saturated heterocycles. The molecule has 1 aliphatic rings. The second-order valence-corrected chi connectivity index (χ2v) is 6.58. The third-order valence-electron chi connectivity index (χ3n) is 3.69. The fourth-order valence-corrected chi connectivity index (χ4v) is 2.17. The molecule has 4 heteroatoms. The summed E-state index contributed by atoms with van der Waals surface area (Å²) in [6.45, 7) is 9.90. The van der Waals surface area contributed by atoms with Crippen molar-refractivity contribution in [3.05, 3.63) is 0 Å². The molecule has 1 aliphatic carbocycles. The molecule has 1 rings (SSSR count). The van der Waals surface area contributed by atoms with Crippen LogP contribution >= 0.6 is 0 Å². The van der Waals surface area contributed by atoms with E-state index >= 15 is 0 Å². The molecule has 0 spiro atoms. The number of rotatable bonds is 8. The van der Waals surface area contributed by atoms with Gasteiger partial charge in [-0.3, -0.25) is 0 Å². The number of carbonyl (C=O) groups excluding carboxylic acids is 1. The van der Waals surface area contributed by atoms with Crippen molar-refractivity contribution in [1.82, 2.24) is 5.32 Å². The average molecular weight is 271 g/mol. The van der Waals surface area contributed by atoms with Gasteiger partial charge in [0.2, 0.25) is 0 Å². The van der Waals surface area contributed by atoms with Crippen LogP contribution in [-0.4, -0.2) is 38.4 Å². The predicted octanol–water partition coefficient (Wildman–Crippen LogP) is 2.37. The Balaban J connectivity index is 2.52. The number of hydrogen-bond acceptors (Lipinski definition) is 4. The van der Waals surface area contributed by atoms with E-state index in [4.69, 9.17) is 9.47 Å². The summed E-state index contributed by atoms with van der Waals surface area (Å²) in [5.41, 5.74) is -0.389. The second-order valence-electron chi connectivity index (χ2n) is 6.58. The standard InChI is InChI=1S/C15H29NO3/c1-6-19-13(17)15(16-5,12-7-8-12)11-18-10-9-14(2,3)4/h12,16H,6-11H2,1-5H3. The molecule has 0 radical (unpaired) electrons. The Morgan fingerprint density at radius 2 is 1.95 bits per heavy atom. The maximum Gasteiger partial charge on any atom is 0.329 e. The van der Waals surface area contributed by atoms with Crippen molar-refractivity contribution in [2.45, 2.75) is 52.5 Å². The molecule has 19 heavy (non-hydrogen) atoms. The number of esters is 1. The van der Waals surface area contributed by atoms with E-state index < -0.39 is 5.54 Å². The van der Waals surface area contributed by atoms with Crippen LogP contribution in [0.25, 0.3) is 0 Å². The van der Waals surface area contributed by atoms with E-state index in [1.54, 1.807) is 0 Å². The van der Waals surface area contributed by atoms with Gasteiger partial charge in [-0.15, -0.1) is 0 Å². The second kappa shape index (κ2) is 6.71. The first-order valence-electron chi connectivity index (χ1n) is 7.29. The Kier molecular flexibility index (Phi) is 5.81. The highest BCUT2D eigenvalue weighted by molar-refractivity contribution is 5.82. The maximum absolute atomic E-state index is 12.2. The molecule has 1 saturated carbocycles. The number of ether oxygens (including phenoxy) is 2. The van der Waals surface area contributed by atoms with Gasteiger partial charge >= 0.3 is 5.97 Å². The van der Waals surface area contributed by atoms with Crippen molar-refractivity contribution >= 4 is 5.97 Å². The van der Waals surface area contributed by atoms with Gasteiger partial charge in [0, 0.05) is 6.61 Å². The first-order chi connectivity index (χ1) is 8.85. The van der Waals surface area contributed by atoms with Crippen molar-refractivity contribution in [2.24, 2.45) is 11.3 Å². The molecule has 112 valence electrons. The lowest BCUT2D eigenvalue weighted by molar-refractivity contribution is -0.155. The minimum absolute atomic E-state index is 0.171. The lowest BCUT2D eigenvalue weighted by Crippen LogP contribution is -2.57. The Morgan fingerprint density at radius 1 is 1.32 bits per heavy atom. The zero-order chi connectivity index (χ0) is 14.5. The summed E-state index contributed by atoms with van der Waals surface area (Å²) in [6, 6.07) is 0. The number of hydrogen-bond donors (Lipinski definition) is 1. The third-order valence-corrected chi connectivity index (χ3v) is 3.69. The lowest BCUT2D eigenvalue weighted by atomic mass is 9.92. The summed E-state index contributed by atoms with van der Waals surface area (Å²) >= 11 is 0. The normalized spacial score (nSPS) is 19.0. The smallest absolute Gasteiger partial charge is 0.329 e. The van der Waals surface area contributed by atoms with Crippen molar-refractivity contribution in [1.29, 1.82) is 0 Å². The van der Waals surface area contributed by atoms with Crippen LogP contribution in [0.15, 0.2) is 0 Å². The van der Waals surface area contributed by atoms with Gasteiger partial charge in [-0.1, -0.05) is 20.8 Å². The van der Waals surface area contributed by atoms with E-state index in [-0.39, 0.29) is 11.4 Å². The highest BCUT2D eigenvalue weighted by Gasteiger charge is 2.51. The van der Waals surface area contributed by atoms with Gasteiger partial charge in [0.25, 0.3) is 0 Å². The van der Waals surface area contributed by atoms with E-state index in [1.807, 2.05) is 14.0 Å². The molecule has 4 nitrogen and oxygen atoms in total. The van der Waals surface area contributed by atoms with Gasteiger partial charge in [0.05, 0.1) is 13.2 Å². The first kappa shape index (κ1) is 16.4. The van der Waals surface area contributed by atoms with E-state index in [1.165, 1.54) is 0 Å². The highest BCUT2D eigenvalue weighted by Crippen LogP contribution is 2.40. The number of nitrogens with one attached hydrogen (secondary N) is 1. The molecule has 0 aromatic heterocycles. The zero-order valence-corrected chi connectivity index (χ0v) is 13.0. The predicted molar refractivity (Wildman–Crippen MR) is 76.0 cm³/mol. The van der Waals surface area contributed by atoms with E-state index in [2.05, 4.69) is 26.1 Å². The van der Waals surface area contributed by atoms with E-state index in [0.717, 1.165) is 19.3 Å². The van der Waals surface area contributed by atoms with Crippen LogP contribution in [-0.2, 0) is 14.3 Å². The van der Waals surface area contributed by atoms with E-state index in [0.29, 0.717) is 25.7 Å². The summed E-state index contributed by atoms with van der Waals surface area (Å²) < 4.78 is 11.0. The number of likely N-dealkylation sites (N-methyl/N-ethyl adjacent to an activating group) is 1. The molecule has 0 amide bonds. The Bertz CT molecular complexity index is 294. The first-order valence-corrected chi connectivity index (χ1v) is 7.29. The summed E-state index contributed by atoms with van der Waals surface area (Å²) in [5, 5.41) is 3.16. The van der Waals surface area contributed by atoms with Gasteiger partial charge in [-0.05, 0) is 44.6 Å². The molecule has 0 aromatic carbocycles. The van der Waals surface area contributed by atoms with Crippen LogP contribution in [0.5, 0.6) is 0 Å². The minimum atomic E-state index is -0.645. The lowest BCUT2D eigenvalue weighted by Gasteiger charge is -2.31. The average Bonchev–Trinajstić information content (AvgIpc) is 3.13. The maximum atomic E-state index is 12.2. The number of carbonyl (C=O) groups is 1. The summed E-state index contributed by atoms with van der Waals surface area (Å²) in [6.07, 6.45) is 3.13. The molecular formula is C15H29NO3. The minimum Gasteiger partial charge on any atom is -0.465 e. The van der Waals surface area contributed by atoms with Crippen molar-refractivity contribution in [3.63, 3.8) is 0 Å². The third kappa shape index (κ3) is 4.77. The van der Waals surface area contributed by atoms with Crippen molar-refractivity contribution in [2.75, 3.05) is 26.9 Å². The summed E-state index contributed by atoms with van der Waals surface area (Å²) in [4.78, 5) is 12.2. The zero-order valence-electron chi connectivity index (χ0n) is 13.0. The largest absolute Gasteiger partial charge is 0.465 e. The fourth-order valence-electron chi connectivity index (χ4n) is 2.17. The molecule has 0 heterocycles. The van der Waals surface area contributed by atoms with Crippen LogP contribution < -0.4 is 5.32 Å². The Hall–Kier alpha value is -0.610. The Morgan fingerprint density at radius 3 is 2.37 bits per heavy atom. The fraction of sp³-hybridized carbons (Fsp3) is 0.933. The molecule has 0 bridgehead atoms. The van der Waals surface area contributed by atoms with Crippen LogP contribution in [0.1, 0.15) is 47.0 Å². The van der Waals surface area contributed by atoms with Gasteiger partial charge in [-0.25, -0.2) is 4.79 Å². The molecular weight excluding hydrogens is 242 g/mol. The molecule has 1 fully saturated rings. The summed E-state index contributed by atoms with van der Waals surface area (Å²) in [7, 11) is 1.82.